The van der Waals surface area contributed by atoms with Gasteiger partial charge in [-0.1, -0.05) is 0 Å². The van der Waals surface area contributed by atoms with Crippen molar-refractivity contribution < 1.29 is 13.5 Å². The van der Waals surface area contributed by atoms with Gasteiger partial charge >= 0.3 is 0 Å². The van der Waals surface area contributed by atoms with Gasteiger partial charge in [0.05, 0.1) is 16.2 Å². The van der Waals surface area contributed by atoms with Gasteiger partial charge in [0.2, 0.25) is 0 Å². The molecule has 0 unspecified atom stereocenters. The zero-order chi connectivity index (χ0) is 10.8. The molecule has 0 aromatic carbocycles. The van der Waals surface area contributed by atoms with Crippen molar-refractivity contribution in [3.05, 3.63) is 24.5 Å². The second-order valence-corrected chi connectivity index (χ2v) is 6.19. The fourth-order valence-electron chi connectivity index (χ4n) is 0.910. The van der Waals surface area contributed by atoms with Crippen molar-refractivity contribution in [2.24, 2.45) is 0 Å². The lowest BCUT2D eigenvalue weighted by atomic mass is 10.2. The molecule has 1 heterocycles. The van der Waals surface area contributed by atoms with Gasteiger partial charge in [-0.3, -0.25) is 4.98 Å². The summed E-state index contributed by atoms with van der Waals surface area (Å²) in [6, 6.07) is 3.03. The van der Waals surface area contributed by atoms with Gasteiger partial charge in [-0.15, -0.1) is 0 Å². The molecular formula is C9H13NO3S. The number of aliphatic hydroxyl groups is 1. The number of rotatable bonds is 3. The van der Waals surface area contributed by atoms with Crippen molar-refractivity contribution >= 4 is 9.84 Å². The van der Waals surface area contributed by atoms with E-state index in [-0.39, 0.29) is 4.90 Å². The Morgan fingerprint density at radius 1 is 1.50 bits per heavy atom. The Hall–Kier alpha value is -0.940. The monoisotopic (exact) mass is 215 g/mol. The molecule has 78 valence electrons. The number of sulfone groups is 1. The van der Waals surface area contributed by atoms with E-state index < -0.39 is 21.2 Å². The Bertz CT molecular complexity index is 397. The summed E-state index contributed by atoms with van der Waals surface area (Å²) in [5.74, 6) is 0. The summed E-state index contributed by atoms with van der Waals surface area (Å²) in [5, 5.41) is 8.99. The van der Waals surface area contributed by atoms with E-state index in [1.807, 2.05) is 0 Å². The van der Waals surface area contributed by atoms with Crippen molar-refractivity contribution in [1.29, 1.82) is 0 Å². The fraction of sp³-hybridized carbons (Fsp3) is 0.444. The summed E-state index contributed by atoms with van der Waals surface area (Å²) in [5.41, 5.74) is 0. The maximum atomic E-state index is 11.9. The van der Waals surface area contributed by atoms with Crippen molar-refractivity contribution in [3.8, 4) is 0 Å². The molecule has 1 aromatic rings. The van der Waals surface area contributed by atoms with Crippen LogP contribution in [-0.2, 0) is 9.84 Å². The first-order valence-corrected chi connectivity index (χ1v) is 5.65. The largest absolute Gasteiger partial charge is 0.395 e. The third-order valence-corrected chi connectivity index (χ3v) is 4.50. The predicted octanol–water partition coefficient (Wildman–Crippen LogP) is 0.626. The van der Waals surface area contributed by atoms with Crippen molar-refractivity contribution in [3.63, 3.8) is 0 Å². The molecule has 1 rings (SSSR count). The predicted molar refractivity (Wildman–Crippen MR) is 52.6 cm³/mol. The van der Waals surface area contributed by atoms with Crippen LogP contribution in [0.25, 0.3) is 0 Å². The molecule has 0 spiro atoms. The van der Waals surface area contributed by atoms with E-state index >= 15 is 0 Å². The molecular weight excluding hydrogens is 202 g/mol. The molecule has 0 atom stereocenters. The van der Waals surface area contributed by atoms with E-state index in [9.17, 15) is 8.42 Å². The molecule has 0 aliphatic heterocycles. The topological polar surface area (TPSA) is 67.3 Å². The Morgan fingerprint density at radius 2 is 2.14 bits per heavy atom. The molecule has 0 aliphatic carbocycles. The van der Waals surface area contributed by atoms with Gasteiger partial charge in [0, 0.05) is 12.4 Å². The number of hydrogen-bond acceptors (Lipinski definition) is 4. The summed E-state index contributed by atoms with van der Waals surface area (Å²) in [6.07, 6.45) is 2.79. The normalized spacial score (nSPS) is 12.8. The summed E-state index contributed by atoms with van der Waals surface area (Å²) in [4.78, 5) is 3.88. The Kier molecular flexibility index (Phi) is 2.92. The standard InChI is InChI=1S/C9H13NO3S/c1-9(2,7-11)14(12,13)8-4-3-5-10-6-8/h3-6,11H,7H2,1-2H3. The van der Waals surface area contributed by atoms with E-state index in [1.165, 1.54) is 32.3 Å². The lowest BCUT2D eigenvalue weighted by Crippen LogP contribution is -2.35. The zero-order valence-corrected chi connectivity index (χ0v) is 8.95. The van der Waals surface area contributed by atoms with Gasteiger partial charge in [-0.2, -0.15) is 0 Å². The minimum Gasteiger partial charge on any atom is -0.395 e. The van der Waals surface area contributed by atoms with Crippen LogP contribution in [-0.4, -0.2) is 29.9 Å². The Morgan fingerprint density at radius 3 is 2.57 bits per heavy atom. The molecule has 14 heavy (non-hydrogen) atoms. The van der Waals surface area contributed by atoms with Gasteiger partial charge in [0.15, 0.2) is 9.84 Å². The first-order valence-electron chi connectivity index (χ1n) is 4.17. The fourth-order valence-corrected chi connectivity index (χ4v) is 2.18. The molecule has 1 N–H and O–H groups in total. The smallest absolute Gasteiger partial charge is 0.187 e. The number of aliphatic hydroxyl groups excluding tert-OH is 1. The number of pyridine rings is 1. The van der Waals surface area contributed by atoms with Crippen molar-refractivity contribution in [2.75, 3.05) is 6.61 Å². The third-order valence-electron chi connectivity index (χ3n) is 2.05. The average Bonchev–Trinajstić information content (AvgIpc) is 2.19. The van der Waals surface area contributed by atoms with Crippen LogP contribution in [0.1, 0.15) is 13.8 Å². The minimum atomic E-state index is -3.50. The van der Waals surface area contributed by atoms with Crippen LogP contribution in [0, 0.1) is 0 Å². The minimum absolute atomic E-state index is 0.138. The van der Waals surface area contributed by atoms with Crippen LogP contribution >= 0.6 is 0 Å². The van der Waals surface area contributed by atoms with Gasteiger partial charge in [0.1, 0.15) is 0 Å². The van der Waals surface area contributed by atoms with Gasteiger partial charge < -0.3 is 5.11 Å². The summed E-state index contributed by atoms with van der Waals surface area (Å²) < 4.78 is 22.6. The first kappa shape index (κ1) is 11.1. The SMILES string of the molecule is CC(C)(CO)S(=O)(=O)c1cccnc1. The second-order valence-electron chi connectivity index (χ2n) is 3.61. The van der Waals surface area contributed by atoms with Crippen LogP contribution in [0.2, 0.25) is 0 Å². The first-order chi connectivity index (χ1) is 6.42. The lowest BCUT2D eigenvalue weighted by molar-refractivity contribution is 0.258. The average molecular weight is 215 g/mol. The van der Waals surface area contributed by atoms with Crippen molar-refractivity contribution in [2.45, 2.75) is 23.5 Å². The van der Waals surface area contributed by atoms with Crippen LogP contribution in [0.4, 0.5) is 0 Å². The highest BCUT2D eigenvalue weighted by atomic mass is 32.2. The van der Waals surface area contributed by atoms with E-state index in [2.05, 4.69) is 4.98 Å². The van der Waals surface area contributed by atoms with Crippen LogP contribution in [0.3, 0.4) is 0 Å². The van der Waals surface area contributed by atoms with Crippen LogP contribution < -0.4 is 0 Å². The van der Waals surface area contributed by atoms with Crippen LogP contribution in [0.5, 0.6) is 0 Å². The maximum absolute atomic E-state index is 11.9. The number of aromatic nitrogens is 1. The molecule has 0 bridgehead atoms. The molecule has 0 amide bonds. The molecule has 0 saturated carbocycles. The molecule has 0 fully saturated rings. The molecule has 0 aliphatic rings. The van der Waals surface area contributed by atoms with E-state index in [4.69, 9.17) is 5.11 Å². The number of nitrogens with zero attached hydrogens (tertiary/aromatic N) is 1. The lowest BCUT2D eigenvalue weighted by Gasteiger charge is -2.21. The molecule has 0 radical (unpaired) electrons. The Balaban J connectivity index is 3.23. The van der Waals surface area contributed by atoms with Crippen molar-refractivity contribution in [1.82, 2.24) is 4.98 Å². The highest BCUT2D eigenvalue weighted by molar-refractivity contribution is 7.92. The molecule has 4 nitrogen and oxygen atoms in total. The summed E-state index contributed by atoms with van der Waals surface area (Å²) in [6.45, 7) is 2.55. The number of hydrogen-bond donors (Lipinski definition) is 1. The van der Waals surface area contributed by atoms with Gasteiger partial charge in [-0.25, -0.2) is 8.42 Å². The molecule has 1 aromatic heterocycles. The zero-order valence-electron chi connectivity index (χ0n) is 8.14. The van der Waals surface area contributed by atoms with Gasteiger partial charge in [0.25, 0.3) is 0 Å². The summed E-state index contributed by atoms with van der Waals surface area (Å²) >= 11 is 0. The van der Waals surface area contributed by atoms with E-state index in [0.717, 1.165) is 0 Å². The highest BCUT2D eigenvalue weighted by Gasteiger charge is 2.35. The second kappa shape index (κ2) is 3.67. The summed E-state index contributed by atoms with van der Waals surface area (Å²) in [7, 11) is -3.50. The molecule has 5 heteroatoms. The van der Waals surface area contributed by atoms with Gasteiger partial charge in [-0.05, 0) is 26.0 Å². The third kappa shape index (κ3) is 1.78. The molecule has 0 saturated heterocycles. The van der Waals surface area contributed by atoms with E-state index in [0.29, 0.717) is 0 Å². The van der Waals surface area contributed by atoms with Crippen LogP contribution in [0.15, 0.2) is 29.4 Å². The quantitative estimate of drug-likeness (QED) is 0.803. The maximum Gasteiger partial charge on any atom is 0.187 e. The highest BCUT2D eigenvalue weighted by Crippen LogP contribution is 2.23. The Labute approximate surface area is 83.5 Å². The van der Waals surface area contributed by atoms with E-state index in [1.54, 1.807) is 6.07 Å².